The van der Waals surface area contributed by atoms with Crippen molar-refractivity contribution in [1.29, 1.82) is 0 Å². The van der Waals surface area contributed by atoms with Gasteiger partial charge < -0.3 is 5.11 Å². The molecule has 0 aliphatic rings. The lowest BCUT2D eigenvalue weighted by molar-refractivity contribution is 0.282. The van der Waals surface area contributed by atoms with E-state index in [4.69, 9.17) is 5.11 Å². The Balaban J connectivity index is 2.10. The van der Waals surface area contributed by atoms with Gasteiger partial charge in [-0.3, -0.25) is 0 Å². The second kappa shape index (κ2) is 4.54. The second-order valence-corrected chi connectivity index (χ2v) is 4.71. The highest BCUT2D eigenvalue weighted by atomic mass is 32.2. The molecule has 1 N–H and O–H groups in total. The van der Waals surface area contributed by atoms with Gasteiger partial charge in [-0.2, -0.15) is 4.37 Å². The molecule has 0 bridgehead atoms. The predicted octanol–water partition coefficient (Wildman–Crippen LogP) is 2.18. The van der Waals surface area contributed by atoms with Crippen LogP contribution in [0.3, 0.4) is 0 Å². The van der Waals surface area contributed by atoms with Crippen molar-refractivity contribution in [2.45, 2.75) is 15.8 Å². The smallest absolute Gasteiger partial charge is 0.174 e. The Hall–Kier alpha value is -0.910. The highest BCUT2D eigenvalue weighted by Gasteiger charge is 1.99. The number of aliphatic hydroxyl groups excluding tert-OH is 1. The Bertz CT molecular complexity index is 386. The molecule has 3 nitrogen and oxygen atoms in total. The van der Waals surface area contributed by atoms with E-state index in [2.05, 4.69) is 9.36 Å². The van der Waals surface area contributed by atoms with E-state index in [1.165, 1.54) is 11.5 Å². The summed E-state index contributed by atoms with van der Waals surface area (Å²) in [6, 6.07) is 7.75. The second-order valence-electron chi connectivity index (χ2n) is 2.61. The van der Waals surface area contributed by atoms with Gasteiger partial charge in [-0.05, 0) is 29.2 Å². The topological polar surface area (TPSA) is 46.0 Å². The molecule has 0 aliphatic heterocycles. The average Bonchev–Trinajstić information content (AvgIpc) is 2.72. The molecule has 1 heterocycles. The van der Waals surface area contributed by atoms with Crippen LogP contribution in [0.15, 0.2) is 39.8 Å². The van der Waals surface area contributed by atoms with Crippen molar-refractivity contribution < 1.29 is 5.11 Å². The molecular weight excluding hydrogens is 216 g/mol. The first-order chi connectivity index (χ1) is 6.88. The van der Waals surface area contributed by atoms with Crippen LogP contribution in [0, 0.1) is 0 Å². The summed E-state index contributed by atoms with van der Waals surface area (Å²) in [5, 5.41) is 8.86. The summed E-state index contributed by atoms with van der Waals surface area (Å²) in [5.41, 5.74) is 0.923. The zero-order chi connectivity index (χ0) is 9.80. The Morgan fingerprint density at radius 2 is 2.07 bits per heavy atom. The molecule has 0 saturated carbocycles. The number of rotatable bonds is 3. The first-order valence-corrected chi connectivity index (χ1v) is 5.62. The maximum Gasteiger partial charge on any atom is 0.174 e. The van der Waals surface area contributed by atoms with Crippen LogP contribution in [-0.2, 0) is 6.61 Å². The number of hydrogen-bond donors (Lipinski definition) is 1. The largest absolute Gasteiger partial charge is 0.392 e. The van der Waals surface area contributed by atoms with Crippen molar-refractivity contribution in [3.05, 3.63) is 36.2 Å². The number of nitrogens with zero attached hydrogens (tertiary/aromatic N) is 2. The SMILES string of the molecule is OCc1ccc(Sc2ncns2)cc1. The molecule has 0 radical (unpaired) electrons. The number of benzene rings is 1. The first-order valence-electron chi connectivity index (χ1n) is 4.03. The quantitative estimate of drug-likeness (QED) is 0.868. The third-order valence-electron chi connectivity index (χ3n) is 1.65. The van der Waals surface area contributed by atoms with Gasteiger partial charge in [-0.25, -0.2) is 4.98 Å². The van der Waals surface area contributed by atoms with E-state index in [0.29, 0.717) is 0 Å². The molecule has 2 aromatic rings. The van der Waals surface area contributed by atoms with Gasteiger partial charge in [-0.15, -0.1) is 0 Å². The maximum atomic E-state index is 8.86. The Morgan fingerprint density at radius 1 is 1.29 bits per heavy atom. The summed E-state index contributed by atoms with van der Waals surface area (Å²) in [4.78, 5) is 5.19. The fourth-order valence-corrected chi connectivity index (χ4v) is 2.39. The van der Waals surface area contributed by atoms with E-state index in [-0.39, 0.29) is 6.61 Å². The molecule has 0 aliphatic carbocycles. The lowest BCUT2D eigenvalue weighted by atomic mass is 10.2. The minimum atomic E-state index is 0.0871. The molecule has 0 unspecified atom stereocenters. The Labute approximate surface area is 90.0 Å². The molecular formula is C9H8N2OS2. The van der Waals surface area contributed by atoms with Crippen molar-refractivity contribution in [3.63, 3.8) is 0 Å². The average molecular weight is 224 g/mol. The minimum Gasteiger partial charge on any atom is -0.392 e. The van der Waals surface area contributed by atoms with Gasteiger partial charge in [-0.1, -0.05) is 23.9 Å². The fourth-order valence-electron chi connectivity index (χ4n) is 0.972. The van der Waals surface area contributed by atoms with Crippen LogP contribution < -0.4 is 0 Å². The van der Waals surface area contributed by atoms with Crippen LogP contribution >= 0.6 is 23.3 Å². The molecule has 72 valence electrons. The van der Waals surface area contributed by atoms with Gasteiger partial charge in [0.05, 0.1) is 6.61 Å². The minimum absolute atomic E-state index is 0.0871. The summed E-state index contributed by atoms with van der Waals surface area (Å²) in [5.74, 6) is 0. The van der Waals surface area contributed by atoms with Crippen LogP contribution in [0.5, 0.6) is 0 Å². The van der Waals surface area contributed by atoms with E-state index in [9.17, 15) is 0 Å². The third kappa shape index (κ3) is 2.31. The summed E-state index contributed by atoms with van der Waals surface area (Å²) in [7, 11) is 0. The van der Waals surface area contributed by atoms with Crippen molar-refractivity contribution >= 4 is 23.3 Å². The van der Waals surface area contributed by atoms with Crippen LogP contribution in [0.1, 0.15) is 5.56 Å². The summed E-state index contributed by atoms with van der Waals surface area (Å²) in [6.07, 6.45) is 1.55. The van der Waals surface area contributed by atoms with E-state index in [1.54, 1.807) is 18.1 Å². The van der Waals surface area contributed by atoms with E-state index in [1.807, 2.05) is 24.3 Å². The third-order valence-corrected chi connectivity index (χ3v) is 3.37. The number of aromatic nitrogens is 2. The van der Waals surface area contributed by atoms with Gasteiger partial charge in [0.1, 0.15) is 6.33 Å². The molecule has 0 atom stereocenters. The Kier molecular flexibility index (Phi) is 3.13. The van der Waals surface area contributed by atoms with Gasteiger partial charge >= 0.3 is 0 Å². The molecule has 2 rings (SSSR count). The molecule has 0 spiro atoms. The molecule has 1 aromatic carbocycles. The monoisotopic (exact) mass is 224 g/mol. The molecule has 0 saturated heterocycles. The highest BCUT2D eigenvalue weighted by Crippen LogP contribution is 2.27. The van der Waals surface area contributed by atoms with Crippen molar-refractivity contribution in [2.75, 3.05) is 0 Å². The Morgan fingerprint density at radius 3 is 2.64 bits per heavy atom. The van der Waals surface area contributed by atoms with Crippen LogP contribution in [-0.4, -0.2) is 14.5 Å². The van der Waals surface area contributed by atoms with Crippen LogP contribution in [0.4, 0.5) is 0 Å². The lowest BCUT2D eigenvalue weighted by Crippen LogP contribution is -1.81. The van der Waals surface area contributed by atoms with Gasteiger partial charge in [0, 0.05) is 4.90 Å². The lowest BCUT2D eigenvalue weighted by Gasteiger charge is -1.98. The van der Waals surface area contributed by atoms with Gasteiger partial charge in [0.2, 0.25) is 0 Å². The van der Waals surface area contributed by atoms with E-state index in [0.717, 1.165) is 14.8 Å². The maximum absolute atomic E-state index is 8.86. The van der Waals surface area contributed by atoms with Gasteiger partial charge in [0.25, 0.3) is 0 Å². The highest BCUT2D eigenvalue weighted by molar-refractivity contribution is 8.01. The molecule has 1 aromatic heterocycles. The molecule has 0 amide bonds. The predicted molar refractivity (Wildman–Crippen MR) is 56.4 cm³/mol. The van der Waals surface area contributed by atoms with E-state index < -0.39 is 0 Å². The summed E-state index contributed by atoms with van der Waals surface area (Å²) in [6.45, 7) is 0.0871. The van der Waals surface area contributed by atoms with Crippen LogP contribution in [0.2, 0.25) is 0 Å². The van der Waals surface area contributed by atoms with Crippen molar-refractivity contribution in [1.82, 2.24) is 9.36 Å². The zero-order valence-corrected chi connectivity index (χ0v) is 8.88. The molecule has 14 heavy (non-hydrogen) atoms. The fraction of sp³-hybridized carbons (Fsp3) is 0.111. The van der Waals surface area contributed by atoms with Crippen molar-refractivity contribution in [3.8, 4) is 0 Å². The molecule has 0 fully saturated rings. The van der Waals surface area contributed by atoms with Gasteiger partial charge in [0.15, 0.2) is 4.34 Å². The normalized spacial score (nSPS) is 10.4. The molecule has 5 heteroatoms. The van der Waals surface area contributed by atoms with Crippen molar-refractivity contribution in [2.24, 2.45) is 0 Å². The summed E-state index contributed by atoms with van der Waals surface area (Å²) < 4.78 is 4.85. The first kappa shape index (κ1) is 9.64. The number of aliphatic hydroxyl groups is 1. The van der Waals surface area contributed by atoms with E-state index >= 15 is 0 Å². The summed E-state index contributed by atoms with van der Waals surface area (Å²) >= 11 is 2.96. The zero-order valence-electron chi connectivity index (χ0n) is 7.25. The standard InChI is InChI=1S/C9H8N2OS2/c12-5-7-1-3-8(4-2-7)13-9-10-6-11-14-9/h1-4,6,12H,5H2. The van der Waals surface area contributed by atoms with Crippen LogP contribution in [0.25, 0.3) is 0 Å². The number of hydrogen-bond acceptors (Lipinski definition) is 5.